The van der Waals surface area contributed by atoms with Crippen molar-refractivity contribution in [3.63, 3.8) is 0 Å². The van der Waals surface area contributed by atoms with E-state index in [9.17, 15) is 17.6 Å². The zero-order valence-electron chi connectivity index (χ0n) is 9.09. The minimum Gasteiger partial charge on any atom is -0.485 e. The van der Waals surface area contributed by atoms with E-state index in [0.717, 1.165) is 0 Å². The average molecular weight is 252 g/mol. The molecule has 0 aliphatic carbocycles. The number of anilines is 1. The van der Waals surface area contributed by atoms with Crippen molar-refractivity contribution in [2.45, 2.75) is 19.3 Å². The molecule has 0 atom stereocenters. The van der Waals surface area contributed by atoms with Crippen LogP contribution in [-0.2, 0) is 0 Å². The number of hydrogen-bond acceptors (Lipinski definition) is 3. The summed E-state index contributed by atoms with van der Waals surface area (Å²) in [5.74, 6) is -4.14. The number of nitrogens with one attached hydrogen (secondary N) is 1. The summed E-state index contributed by atoms with van der Waals surface area (Å²) < 4.78 is 53.4. The smallest absolute Gasteiger partial charge is 0.340 e. The molecule has 96 valence electrons. The molecule has 1 aromatic rings. The molecule has 1 aromatic heterocycles. The molecule has 1 N–H and O–H groups in total. The largest absolute Gasteiger partial charge is 0.485 e. The van der Waals surface area contributed by atoms with E-state index in [0.29, 0.717) is 12.2 Å². The summed E-state index contributed by atoms with van der Waals surface area (Å²) >= 11 is 0. The van der Waals surface area contributed by atoms with E-state index in [-0.39, 0.29) is 5.75 Å². The van der Waals surface area contributed by atoms with Crippen molar-refractivity contribution < 1.29 is 22.3 Å². The van der Waals surface area contributed by atoms with E-state index in [2.05, 4.69) is 15.0 Å². The summed E-state index contributed by atoms with van der Waals surface area (Å²) in [5, 5.41) is 2.89. The number of aromatic nitrogens is 1. The van der Waals surface area contributed by atoms with E-state index < -0.39 is 19.0 Å². The lowest BCUT2D eigenvalue weighted by Gasteiger charge is -2.16. The Morgan fingerprint density at radius 1 is 1.41 bits per heavy atom. The lowest BCUT2D eigenvalue weighted by molar-refractivity contribution is -0.148. The van der Waals surface area contributed by atoms with E-state index in [1.807, 2.05) is 6.92 Å². The Morgan fingerprint density at radius 3 is 2.71 bits per heavy atom. The molecule has 0 aliphatic heterocycles. The zero-order valence-corrected chi connectivity index (χ0v) is 9.09. The van der Waals surface area contributed by atoms with Crippen LogP contribution in [0.15, 0.2) is 18.5 Å². The van der Waals surface area contributed by atoms with Gasteiger partial charge in [0.15, 0.2) is 6.61 Å². The second-order valence-corrected chi connectivity index (χ2v) is 3.29. The molecule has 1 rings (SSSR count). The molecular weight excluding hydrogens is 240 g/mol. The average Bonchev–Trinajstić information content (AvgIpc) is 2.27. The van der Waals surface area contributed by atoms with Crippen LogP contribution >= 0.6 is 0 Å². The van der Waals surface area contributed by atoms with Gasteiger partial charge in [-0.3, -0.25) is 4.98 Å². The molecular formula is C10H12F4N2O. The minimum atomic E-state index is -4.16. The summed E-state index contributed by atoms with van der Waals surface area (Å²) in [5.41, 5.74) is 0.574. The van der Waals surface area contributed by atoms with E-state index in [4.69, 9.17) is 0 Å². The number of ether oxygens (including phenoxy) is 1. The molecule has 17 heavy (non-hydrogen) atoms. The standard InChI is InChI=1S/C10H12F4N2O/c1-2-16-7-3-8(5-15-4-7)17-6-10(13,14)9(11)12/h3-5,9,16H,2,6H2,1H3. The fourth-order valence-corrected chi connectivity index (χ4v) is 1.04. The first-order valence-corrected chi connectivity index (χ1v) is 4.93. The van der Waals surface area contributed by atoms with Gasteiger partial charge in [0, 0.05) is 12.6 Å². The van der Waals surface area contributed by atoms with E-state index in [1.54, 1.807) is 0 Å². The zero-order chi connectivity index (χ0) is 12.9. The molecule has 0 aromatic carbocycles. The van der Waals surface area contributed by atoms with Crippen molar-refractivity contribution in [3.8, 4) is 5.75 Å². The molecule has 0 spiro atoms. The number of hydrogen-bond donors (Lipinski definition) is 1. The topological polar surface area (TPSA) is 34.2 Å². The van der Waals surface area contributed by atoms with Crippen molar-refractivity contribution in [1.29, 1.82) is 0 Å². The van der Waals surface area contributed by atoms with Crippen LogP contribution in [0.25, 0.3) is 0 Å². The van der Waals surface area contributed by atoms with Crippen LogP contribution in [0.2, 0.25) is 0 Å². The van der Waals surface area contributed by atoms with Gasteiger partial charge in [0.25, 0.3) is 0 Å². The first-order valence-electron chi connectivity index (χ1n) is 4.93. The van der Waals surface area contributed by atoms with Crippen molar-refractivity contribution >= 4 is 5.69 Å². The van der Waals surface area contributed by atoms with Crippen molar-refractivity contribution in [3.05, 3.63) is 18.5 Å². The van der Waals surface area contributed by atoms with Crippen molar-refractivity contribution in [2.24, 2.45) is 0 Å². The Bertz CT molecular complexity index is 360. The van der Waals surface area contributed by atoms with Crippen LogP contribution in [0.4, 0.5) is 23.2 Å². The van der Waals surface area contributed by atoms with Gasteiger partial charge in [-0.2, -0.15) is 8.78 Å². The predicted octanol–water partition coefficient (Wildman–Crippen LogP) is 2.79. The highest BCUT2D eigenvalue weighted by atomic mass is 19.3. The van der Waals surface area contributed by atoms with Gasteiger partial charge in [0.05, 0.1) is 18.1 Å². The number of halogens is 4. The molecule has 0 fully saturated rings. The highest BCUT2D eigenvalue weighted by Crippen LogP contribution is 2.24. The van der Waals surface area contributed by atoms with Gasteiger partial charge in [-0.1, -0.05) is 0 Å². The predicted molar refractivity (Wildman–Crippen MR) is 54.8 cm³/mol. The second kappa shape index (κ2) is 5.70. The Morgan fingerprint density at radius 2 is 2.12 bits per heavy atom. The quantitative estimate of drug-likeness (QED) is 0.790. The molecule has 0 unspecified atom stereocenters. The molecule has 7 heteroatoms. The molecule has 0 aliphatic rings. The fourth-order valence-electron chi connectivity index (χ4n) is 1.04. The third-order valence-corrected chi connectivity index (χ3v) is 1.84. The van der Waals surface area contributed by atoms with Crippen LogP contribution < -0.4 is 10.1 Å². The lowest BCUT2D eigenvalue weighted by atomic mass is 10.3. The van der Waals surface area contributed by atoms with Gasteiger partial charge in [-0.15, -0.1) is 0 Å². The number of nitrogens with zero attached hydrogens (tertiary/aromatic N) is 1. The molecule has 0 amide bonds. The van der Waals surface area contributed by atoms with Crippen molar-refractivity contribution in [1.82, 2.24) is 4.98 Å². The number of rotatable bonds is 6. The maximum Gasteiger partial charge on any atom is 0.340 e. The van der Waals surface area contributed by atoms with Gasteiger partial charge in [0.2, 0.25) is 0 Å². The maximum absolute atomic E-state index is 12.6. The summed E-state index contributed by atoms with van der Waals surface area (Å²) in [4.78, 5) is 3.73. The second-order valence-electron chi connectivity index (χ2n) is 3.29. The lowest BCUT2D eigenvalue weighted by Crippen LogP contribution is -2.33. The first kappa shape index (κ1) is 13.5. The van der Waals surface area contributed by atoms with Gasteiger partial charge >= 0.3 is 12.3 Å². The fraction of sp³-hybridized carbons (Fsp3) is 0.500. The van der Waals surface area contributed by atoms with E-state index >= 15 is 0 Å². The summed E-state index contributed by atoms with van der Waals surface area (Å²) in [6, 6.07) is 1.41. The minimum absolute atomic E-state index is 0.0174. The summed E-state index contributed by atoms with van der Waals surface area (Å²) in [6.45, 7) is 1.10. The van der Waals surface area contributed by atoms with Crippen LogP contribution in [0.5, 0.6) is 5.75 Å². The summed E-state index contributed by atoms with van der Waals surface area (Å²) in [6.07, 6.45) is -1.09. The van der Waals surface area contributed by atoms with Crippen molar-refractivity contribution in [2.75, 3.05) is 18.5 Å². The van der Waals surface area contributed by atoms with Gasteiger partial charge < -0.3 is 10.1 Å². The number of pyridine rings is 1. The molecule has 0 saturated carbocycles. The van der Waals surface area contributed by atoms with Crippen LogP contribution in [0.3, 0.4) is 0 Å². The van der Waals surface area contributed by atoms with Gasteiger partial charge in [-0.05, 0) is 6.92 Å². The first-order chi connectivity index (χ1) is 7.95. The normalized spacial score (nSPS) is 11.6. The van der Waals surface area contributed by atoms with E-state index in [1.165, 1.54) is 18.5 Å². The van der Waals surface area contributed by atoms with Gasteiger partial charge in [-0.25, -0.2) is 8.78 Å². The monoisotopic (exact) mass is 252 g/mol. The Hall–Kier alpha value is -1.53. The van der Waals surface area contributed by atoms with Crippen LogP contribution in [0.1, 0.15) is 6.92 Å². The molecule has 0 radical (unpaired) electrons. The van der Waals surface area contributed by atoms with Crippen LogP contribution in [-0.4, -0.2) is 30.5 Å². The highest BCUT2D eigenvalue weighted by molar-refractivity contribution is 5.44. The molecule has 1 heterocycles. The third-order valence-electron chi connectivity index (χ3n) is 1.84. The maximum atomic E-state index is 12.6. The van der Waals surface area contributed by atoms with Crippen LogP contribution in [0, 0.1) is 0 Å². The SMILES string of the molecule is CCNc1cncc(OCC(F)(F)C(F)F)c1. The molecule has 0 bridgehead atoms. The Balaban J connectivity index is 2.60. The Labute approximate surface area is 95.8 Å². The Kier molecular flexibility index (Phi) is 4.53. The summed E-state index contributed by atoms with van der Waals surface area (Å²) in [7, 11) is 0. The third kappa shape index (κ3) is 4.08. The number of alkyl halides is 4. The van der Waals surface area contributed by atoms with Gasteiger partial charge in [0.1, 0.15) is 5.75 Å². The highest BCUT2D eigenvalue weighted by Gasteiger charge is 2.41. The molecule has 3 nitrogen and oxygen atoms in total. The molecule has 0 saturated heterocycles.